The van der Waals surface area contributed by atoms with E-state index in [9.17, 15) is 4.79 Å². The fourth-order valence-corrected chi connectivity index (χ4v) is 2.70. The zero-order valence-corrected chi connectivity index (χ0v) is 10.6. The molecule has 100 valence electrons. The van der Waals surface area contributed by atoms with E-state index in [0.717, 1.165) is 5.39 Å². The predicted molar refractivity (Wildman–Crippen MR) is 73.1 cm³/mol. The summed E-state index contributed by atoms with van der Waals surface area (Å²) >= 11 is 0. The first-order valence-corrected chi connectivity index (χ1v) is 6.24. The second kappa shape index (κ2) is 3.63. The molecule has 1 atom stereocenters. The second-order valence-corrected chi connectivity index (χ2v) is 4.81. The molecule has 0 saturated carbocycles. The Morgan fingerprint density at radius 3 is 2.95 bits per heavy atom. The van der Waals surface area contributed by atoms with Crippen LogP contribution in [0.3, 0.4) is 0 Å². The van der Waals surface area contributed by atoms with Crippen LogP contribution < -0.4 is 16.1 Å². The number of nitrogens with two attached hydrogens (primary N) is 1. The third kappa shape index (κ3) is 1.27. The molecule has 2 aromatic heterocycles. The van der Waals surface area contributed by atoms with Gasteiger partial charge < -0.3 is 14.9 Å². The van der Waals surface area contributed by atoms with Gasteiger partial charge in [-0.25, -0.2) is 4.79 Å². The molecular formula is C14H11N3O3. The molecule has 3 heterocycles. The Hall–Kier alpha value is -2.76. The molecule has 1 aromatic carbocycles. The molecule has 1 unspecified atom stereocenters. The van der Waals surface area contributed by atoms with E-state index in [1.165, 1.54) is 0 Å². The summed E-state index contributed by atoms with van der Waals surface area (Å²) in [5, 5.41) is 7.47. The first kappa shape index (κ1) is 11.1. The number of para-hydroxylation sites is 1. The van der Waals surface area contributed by atoms with Crippen molar-refractivity contribution >= 4 is 16.8 Å². The average molecular weight is 269 g/mol. The molecule has 3 N–H and O–H groups in total. The standard InChI is InChI=1S/C14H11N3O3/c1-6-9-11(20-13-10(6)12(15)16-17-13)7-4-2-3-5-8(7)19-14(9)18/h2-6H,1H3,(H3,15,16,17). The Morgan fingerprint density at radius 2 is 2.10 bits per heavy atom. The predicted octanol–water partition coefficient (Wildman–Crippen LogP) is 2.36. The Bertz CT molecular complexity index is 894. The number of rotatable bonds is 0. The number of aromatic amines is 1. The van der Waals surface area contributed by atoms with Crippen LogP contribution >= 0.6 is 0 Å². The van der Waals surface area contributed by atoms with Gasteiger partial charge in [0, 0.05) is 5.92 Å². The van der Waals surface area contributed by atoms with Gasteiger partial charge in [-0.05, 0) is 12.1 Å². The van der Waals surface area contributed by atoms with Gasteiger partial charge in [0.25, 0.3) is 0 Å². The van der Waals surface area contributed by atoms with E-state index in [2.05, 4.69) is 10.2 Å². The number of hydrogen-bond donors (Lipinski definition) is 2. The van der Waals surface area contributed by atoms with Gasteiger partial charge in [0.2, 0.25) is 5.88 Å². The van der Waals surface area contributed by atoms with Crippen molar-refractivity contribution < 1.29 is 9.15 Å². The first-order valence-electron chi connectivity index (χ1n) is 6.24. The molecule has 4 rings (SSSR count). The summed E-state index contributed by atoms with van der Waals surface area (Å²) in [5.41, 5.74) is 7.10. The molecule has 1 aliphatic heterocycles. The Morgan fingerprint density at radius 1 is 1.30 bits per heavy atom. The van der Waals surface area contributed by atoms with E-state index < -0.39 is 5.63 Å². The molecule has 0 aliphatic carbocycles. The number of nitrogens with zero attached hydrogens (tertiary/aromatic N) is 1. The number of benzene rings is 1. The van der Waals surface area contributed by atoms with Crippen LogP contribution in [0, 0.1) is 0 Å². The lowest BCUT2D eigenvalue weighted by atomic mass is 9.92. The van der Waals surface area contributed by atoms with Crippen LogP contribution in [0.5, 0.6) is 11.6 Å². The summed E-state index contributed by atoms with van der Waals surface area (Å²) in [6.45, 7) is 1.89. The van der Waals surface area contributed by atoms with Crippen molar-refractivity contribution in [2.75, 3.05) is 5.73 Å². The summed E-state index contributed by atoms with van der Waals surface area (Å²) in [4.78, 5) is 12.2. The number of fused-ring (bicyclic) bond motifs is 4. The maximum absolute atomic E-state index is 12.2. The normalized spacial score (nSPS) is 16.6. The van der Waals surface area contributed by atoms with Gasteiger partial charge in [-0.3, -0.25) is 5.10 Å². The van der Waals surface area contributed by atoms with Crippen molar-refractivity contribution in [1.82, 2.24) is 10.2 Å². The number of nitrogens with one attached hydrogen (secondary N) is 1. The van der Waals surface area contributed by atoms with Gasteiger partial charge in [0.05, 0.1) is 16.5 Å². The maximum atomic E-state index is 12.2. The lowest BCUT2D eigenvalue weighted by molar-refractivity contribution is 0.422. The second-order valence-electron chi connectivity index (χ2n) is 4.81. The van der Waals surface area contributed by atoms with Crippen molar-refractivity contribution in [2.45, 2.75) is 12.8 Å². The number of nitrogen functional groups attached to an aromatic ring is 1. The molecule has 6 nitrogen and oxygen atoms in total. The molecule has 0 spiro atoms. The Balaban J connectivity index is 2.10. The summed E-state index contributed by atoms with van der Waals surface area (Å²) in [6, 6.07) is 7.26. The third-order valence-electron chi connectivity index (χ3n) is 3.66. The van der Waals surface area contributed by atoms with Crippen molar-refractivity contribution in [3.05, 3.63) is 45.8 Å². The van der Waals surface area contributed by atoms with Crippen LogP contribution in [0.4, 0.5) is 5.82 Å². The van der Waals surface area contributed by atoms with E-state index >= 15 is 0 Å². The number of ether oxygens (including phenoxy) is 1. The minimum absolute atomic E-state index is 0.228. The fourth-order valence-electron chi connectivity index (χ4n) is 2.70. The molecule has 0 fully saturated rings. The minimum Gasteiger partial charge on any atom is -0.436 e. The van der Waals surface area contributed by atoms with Gasteiger partial charge in [-0.15, -0.1) is 5.10 Å². The van der Waals surface area contributed by atoms with E-state index in [0.29, 0.717) is 34.2 Å². The van der Waals surface area contributed by atoms with Crippen LogP contribution in [0.25, 0.3) is 11.0 Å². The van der Waals surface area contributed by atoms with Gasteiger partial charge in [0.15, 0.2) is 5.75 Å². The lowest BCUT2D eigenvalue weighted by Gasteiger charge is -2.21. The highest BCUT2D eigenvalue weighted by molar-refractivity contribution is 5.86. The van der Waals surface area contributed by atoms with Gasteiger partial charge in [0.1, 0.15) is 11.4 Å². The number of anilines is 1. The lowest BCUT2D eigenvalue weighted by Crippen LogP contribution is -2.18. The number of hydrogen-bond acceptors (Lipinski definition) is 5. The highest BCUT2D eigenvalue weighted by atomic mass is 16.5. The largest absolute Gasteiger partial charge is 0.436 e. The van der Waals surface area contributed by atoms with Crippen LogP contribution in [0.15, 0.2) is 33.5 Å². The average Bonchev–Trinajstić information content (AvgIpc) is 2.80. The number of aromatic nitrogens is 2. The van der Waals surface area contributed by atoms with Gasteiger partial charge in [-0.1, -0.05) is 19.1 Å². The van der Waals surface area contributed by atoms with E-state index in [1.54, 1.807) is 6.07 Å². The van der Waals surface area contributed by atoms with E-state index in [-0.39, 0.29) is 5.92 Å². The quantitative estimate of drug-likeness (QED) is 0.611. The number of H-pyrrole nitrogens is 1. The Kier molecular flexibility index (Phi) is 2.01. The van der Waals surface area contributed by atoms with Crippen molar-refractivity contribution in [1.29, 1.82) is 0 Å². The summed E-state index contributed by atoms with van der Waals surface area (Å²) < 4.78 is 11.1. The van der Waals surface area contributed by atoms with Gasteiger partial charge in [-0.2, -0.15) is 0 Å². The summed E-state index contributed by atoms with van der Waals surface area (Å²) in [7, 11) is 0. The van der Waals surface area contributed by atoms with Crippen molar-refractivity contribution in [3.8, 4) is 11.6 Å². The van der Waals surface area contributed by atoms with E-state index in [4.69, 9.17) is 14.9 Å². The monoisotopic (exact) mass is 269 g/mol. The molecule has 0 saturated heterocycles. The molecule has 0 bridgehead atoms. The minimum atomic E-state index is -0.405. The van der Waals surface area contributed by atoms with Crippen molar-refractivity contribution in [3.63, 3.8) is 0 Å². The van der Waals surface area contributed by atoms with Gasteiger partial charge >= 0.3 is 5.63 Å². The first-order chi connectivity index (χ1) is 9.66. The fraction of sp³-hybridized carbons (Fsp3) is 0.143. The molecule has 3 aromatic rings. The highest BCUT2D eigenvalue weighted by Crippen LogP contribution is 2.46. The molecule has 1 aliphatic rings. The Labute approximate surface area is 113 Å². The zero-order valence-electron chi connectivity index (χ0n) is 10.6. The van der Waals surface area contributed by atoms with Crippen LogP contribution in [-0.4, -0.2) is 10.2 Å². The highest BCUT2D eigenvalue weighted by Gasteiger charge is 2.33. The zero-order chi connectivity index (χ0) is 13.9. The van der Waals surface area contributed by atoms with Crippen LogP contribution in [0.1, 0.15) is 24.0 Å². The molecule has 6 heteroatoms. The molecular weight excluding hydrogens is 258 g/mol. The molecule has 0 radical (unpaired) electrons. The SMILES string of the molecule is CC1c2c(n[nH]c2N)Oc2c1c(=O)oc1ccccc21. The maximum Gasteiger partial charge on any atom is 0.343 e. The summed E-state index contributed by atoms with van der Waals surface area (Å²) in [6.07, 6.45) is 0. The topological polar surface area (TPSA) is 94.1 Å². The molecule has 20 heavy (non-hydrogen) atoms. The van der Waals surface area contributed by atoms with Crippen molar-refractivity contribution in [2.24, 2.45) is 0 Å². The van der Waals surface area contributed by atoms with Crippen LogP contribution in [0.2, 0.25) is 0 Å². The third-order valence-corrected chi connectivity index (χ3v) is 3.66. The van der Waals surface area contributed by atoms with E-state index in [1.807, 2.05) is 25.1 Å². The molecule has 0 amide bonds. The van der Waals surface area contributed by atoms with Crippen LogP contribution in [-0.2, 0) is 0 Å². The summed E-state index contributed by atoms with van der Waals surface area (Å²) in [5.74, 6) is 1.10. The smallest absolute Gasteiger partial charge is 0.343 e.